The monoisotopic (exact) mass is 237 g/mol. The van der Waals surface area contributed by atoms with Crippen LogP contribution in [-0.2, 0) is 0 Å². The number of hydrogen-bond acceptors (Lipinski definition) is 2. The number of fused-ring (bicyclic) bond motifs is 3. The summed E-state index contributed by atoms with van der Waals surface area (Å²) >= 11 is 0. The van der Waals surface area contributed by atoms with Crippen LogP contribution in [0.5, 0.6) is 0 Å². The Bertz CT molecular complexity index is 500. The van der Waals surface area contributed by atoms with Crippen LogP contribution in [0.25, 0.3) is 0 Å². The molecule has 0 amide bonds. The zero-order valence-electron chi connectivity index (χ0n) is 9.54. The van der Waals surface area contributed by atoms with Crippen molar-refractivity contribution in [3.05, 3.63) is 29.3 Å². The minimum absolute atomic E-state index is 0.0748. The summed E-state index contributed by atoms with van der Waals surface area (Å²) in [5.74, 6) is -1.90. The van der Waals surface area contributed by atoms with Gasteiger partial charge < -0.3 is 4.90 Å². The third-order valence-corrected chi connectivity index (χ3v) is 3.82. The van der Waals surface area contributed by atoms with Crippen molar-refractivity contribution in [1.82, 2.24) is 0 Å². The molecule has 3 rings (SSSR count). The molecule has 0 saturated carbocycles. The lowest BCUT2D eigenvalue weighted by Crippen LogP contribution is -2.40. The summed E-state index contributed by atoms with van der Waals surface area (Å²) in [6.45, 7) is 2.06. The van der Waals surface area contributed by atoms with Gasteiger partial charge in [0, 0.05) is 30.1 Å². The molecule has 2 aliphatic heterocycles. The molecule has 0 spiro atoms. The second-order valence-electron chi connectivity index (χ2n) is 4.90. The summed E-state index contributed by atoms with van der Waals surface area (Å²) in [7, 11) is 0. The molecule has 2 aliphatic rings. The Balaban J connectivity index is 2.18. The van der Waals surface area contributed by atoms with Crippen LogP contribution in [0.4, 0.5) is 14.5 Å². The summed E-state index contributed by atoms with van der Waals surface area (Å²) in [6.07, 6.45) is 2.37. The van der Waals surface area contributed by atoms with E-state index in [-0.39, 0.29) is 17.9 Å². The highest BCUT2D eigenvalue weighted by molar-refractivity contribution is 6.04. The average molecular weight is 237 g/mol. The van der Waals surface area contributed by atoms with E-state index in [1.807, 2.05) is 0 Å². The Morgan fingerprint density at radius 1 is 1.24 bits per heavy atom. The van der Waals surface area contributed by atoms with Crippen LogP contribution >= 0.6 is 0 Å². The van der Waals surface area contributed by atoms with Crippen LogP contribution in [-0.4, -0.2) is 17.9 Å². The first-order chi connectivity index (χ1) is 8.08. The predicted octanol–water partition coefficient (Wildman–Crippen LogP) is 2.91. The van der Waals surface area contributed by atoms with E-state index in [0.717, 1.165) is 25.0 Å². The van der Waals surface area contributed by atoms with E-state index in [9.17, 15) is 13.6 Å². The van der Waals surface area contributed by atoms with Crippen molar-refractivity contribution in [3.8, 4) is 0 Å². The first-order valence-corrected chi connectivity index (χ1v) is 5.88. The van der Waals surface area contributed by atoms with Gasteiger partial charge in [0.25, 0.3) is 0 Å². The molecule has 1 aromatic rings. The molecule has 0 aliphatic carbocycles. The summed E-state index contributed by atoms with van der Waals surface area (Å²) < 4.78 is 26.5. The van der Waals surface area contributed by atoms with Crippen LogP contribution in [0, 0.1) is 11.6 Å². The van der Waals surface area contributed by atoms with E-state index in [1.54, 1.807) is 0 Å². The minimum atomic E-state index is -0.942. The van der Waals surface area contributed by atoms with Crippen molar-refractivity contribution >= 4 is 11.5 Å². The van der Waals surface area contributed by atoms with Gasteiger partial charge >= 0.3 is 0 Å². The van der Waals surface area contributed by atoms with Crippen molar-refractivity contribution in [2.45, 2.75) is 38.3 Å². The summed E-state index contributed by atoms with van der Waals surface area (Å²) in [5, 5.41) is 0. The van der Waals surface area contributed by atoms with Crippen molar-refractivity contribution in [2.75, 3.05) is 4.90 Å². The number of carbonyl (C=O) groups is 1. The molecular formula is C13H13F2NO. The highest BCUT2D eigenvalue weighted by atomic mass is 19.2. The van der Waals surface area contributed by atoms with E-state index in [0.29, 0.717) is 17.7 Å². The molecule has 1 saturated heterocycles. The van der Waals surface area contributed by atoms with E-state index in [2.05, 4.69) is 11.8 Å². The molecule has 2 nitrogen and oxygen atoms in total. The van der Waals surface area contributed by atoms with Gasteiger partial charge in [-0.2, -0.15) is 0 Å². The molecule has 2 atom stereocenters. The molecule has 0 bridgehead atoms. The molecule has 0 N–H and O–H groups in total. The van der Waals surface area contributed by atoms with Gasteiger partial charge in [0.15, 0.2) is 17.4 Å². The van der Waals surface area contributed by atoms with Gasteiger partial charge in [-0.1, -0.05) is 0 Å². The van der Waals surface area contributed by atoms with Gasteiger partial charge in [-0.15, -0.1) is 0 Å². The number of rotatable bonds is 0. The van der Waals surface area contributed by atoms with Crippen molar-refractivity contribution in [1.29, 1.82) is 0 Å². The smallest absolute Gasteiger partial charge is 0.167 e. The Morgan fingerprint density at radius 3 is 2.71 bits per heavy atom. The number of nitrogens with zero attached hydrogens (tertiary/aromatic N) is 1. The lowest BCUT2D eigenvalue weighted by Gasteiger charge is -2.35. The number of ketones is 1. The van der Waals surface area contributed by atoms with Crippen LogP contribution in [0.15, 0.2) is 12.1 Å². The number of halogens is 2. The largest absolute Gasteiger partial charge is 0.365 e. The zero-order valence-corrected chi connectivity index (χ0v) is 9.54. The molecular weight excluding hydrogens is 224 g/mol. The zero-order chi connectivity index (χ0) is 12.2. The summed E-state index contributed by atoms with van der Waals surface area (Å²) in [4.78, 5) is 14.0. The fourth-order valence-electron chi connectivity index (χ4n) is 3.00. The maximum atomic E-state index is 13.3. The first kappa shape index (κ1) is 10.7. The van der Waals surface area contributed by atoms with Crippen molar-refractivity contribution in [2.24, 2.45) is 0 Å². The van der Waals surface area contributed by atoms with E-state index in [1.165, 1.54) is 0 Å². The second kappa shape index (κ2) is 3.52. The third kappa shape index (κ3) is 1.47. The number of anilines is 1. The minimum Gasteiger partial charge on any atom is -0.365 e. The Labute approximate surface area is 98.2 Å². The number of carbonyl (C=O) groups excluding carboxylic acids is 1. The van der Waals surface area contributed by atoms with E-state index < -0.39 is 11.6 Å². The van der Waals surface area contributed by atoms with Gasteiger partial charge in [0.2, 0.25) is 0 Å². The molecule has 17 heavy (non-hydrogen) atoms. The highest BCUT2D eigenvalue weighted by Crippen LogP contribution is 2.39. The molecule has 1 aromatic carbocycles. The fraction of sp³-hybridized carbons (Fsp3) is 0.462. The maximum absolute atomic E-state index is 13.3. The van der Waals surface area contributed by atoms with Gasteiger partial charge in [-0.3, -0.25) is 4.79 Å². The van der Waals surface area contributed by atoms with Gasteiger partial charge in [-0.05, 0) is 25.8 Å². The second-order valence-corrected chi connectivity index (χ2v) is 4.90. The Kier molecular flexibility index (Phi) is 2.21. The fourth-order valence-corrected chi connectivity index (χ4v) is 3.00. The lowest BCUT2D eigenvalue weighted by atomic mass is 9.95. The van der Waals surface area contributed by atoms with Gasteiger partial charge in [0.05, 0.1) is 5.69 Å². The molecule has 2 unspecified atom stereocenters. The van der Waals surface area contributed by atoms with Crippen LogP contribution in [0.1, 0.15) is 36.5 Å². The summed E-state index contributed by atoms with van der Waals surface area (Å²) in [5.41, 5.74) is 0.893. The quantitative estimate of drug-likeness (QED) is 0.691. The molecule has 0 radical (unpaired) electrons. The number of benzene rings is 1. The van der Waals surface area contributed by atoms with Crippen molar-refractivity contribution in [3.63, 3.8) is 0 Å². The van der Waals surface area contributed by atoms with Gasteiger partial charge in [-0.25, -0.2) is 8.78 Å². The van der Waals surface area contributed by atoms with Crippen molar-refractivity contribution < 1.29 is 13.6 Å². The number of Topliss-reactive ketones (excluding diaryl/α,β-unsaturated/α-hetero) is 1. The molecule has 90 valence electrons. The normalized spacial score (nSPS) is 27.0. The van der Waals surface area contributed by atoms with Crippen LogP contribution in [0.3, 0.4) is 0 Å². The van der Waals surface area contributed by atoms with Crippen LogP contribution in [0.2, 0.25) is 0 Å². The number of hydrogen-bond donors (Lipinski definition) is 0. The first-order valence-electron chi connectivity index (χ1n) is 5.88. The third-order valence-electron chi connectivity index (χ3n) is 3.82. The average Bonchev–Trinajstić information content (AvgIpc) is 2.63. The van der Waals surface area contributed by atoms with E-state index in [4.69, 9.17) is 0 Å². The lowest BCUT2D eigenvalue weighted by molar-refractivity contribution is 0.0967. The molecule has 2 heterocycles. The Morgan fingerprint density at radius 2 is 1.94 bits per heavy atom. The van der Waals surface area contributed by atoms with Crippen LogP contribution < -0.4 is 4.90 Å². The summed E-state index contributed by atoms with van der Waals surface area (Å²) in [6, 6.07) is 2.65. The standard InChI is InChI=1S/C13H13F2NO/c1-7-2-3-8-4-13(17)9-5-10(14)11(15)6-12(9)16(7)8/h5-8H,2-4H2,1H3. The molecule has 4 heteroatoms. The topological polar surface area (TPSA) is 20.3 Å². The SMILES string of the molecule is CC1CCC2CC(=O)c3cc(F)c(F)cc3N12. The van der Waals surface area contributed by atoms with Gasteiger partial charge in [0.1, 0.15) is 0 Å². The van der Waals surface area contributed by atoms with E-state index >= 15 is 0 Å². The maximum Gasteiger partial charge on any atom is 0.167 e. The highest BCUT2D eigenvalue weighted by Gasteiger charge is 2.38. The molecule has 0 aromatic heterocycles. The predicted molar refractivity (Wildman–Crippen MR) is 60.3 cm³/mol. The molecule has 1 fully saturated rings. The Hall–Kier alpha value is -1.45.